The highest BCUT2D eigenvalue weighted by molar-refractivity contribution is 6.34. The summed E-state index contributed by atoms with van der Waals surface area (Å²) in [5.41, 5.74) is -0.428. The third-order valence-corrected chi connectivity index (χ3v) is 7.08. The molecule has 1 unspecified atom stereocenters. The van der Waals surface area contributed by atoms with E-state index in [4.69, 9.17) is 11.6 Å². The van der Waals surface area contributed by atoms with E-state index in [0.717, 1.165) is 43.9 Å². The summed E-state index contributed by atoms with van der Waals surface area (Å²) >= 11 is 6.02. The fourth-order valence-electron chi connectivity index (χ4n) is 5.40. The van der Waals surface area contributed by atoms with Gasteiger partial charge in [0.25, 0.3) is 5.91 Å². The van der Waals surface area contributed by atoms with Crippen LogP contribution in [0.25, 0.3) is 0 Å². The van der Waals surface area contributed by atoms with Gasteiger partial charge in [0, 0.05) is 11.6 Å². The molecule has 2 aromatic rings. The Morgan fingerprint density at radius 3 is 2.39 bits per heavy atom. The van der Waals surface area contributed by atoms with Crippen molar-refractivity contribution in [1.29, 1.82) is 0 Å². The smallest absolute Gasteiger partial charge is 0.343 e. The standard InChI is InChI=1S/C23H24ClF3N2O.ClH/c1-2-29-16-11-13-22(29,14-12-16)20(15-7-4-3-5-8-15)28-21(30)17-9-6-10-18(19(17)24)23(25,26)27;/h3-10,16,20H,2,11-14H2,1H3,(H,28,30);1H. The van der Waals surface area contributed by atoms with E-state index in [0.29, 0.717) is 6.04 Å². The predicted octanol–water partition coefficient (Wildman–Crippen LogP) is 6.27. The lowest BCUT2D eigenvalue weighted by atomic mass is 9.78. The van der Waals surface area contributed by atoms with Crippen molar-refractivity contribution in [3.05, 3.63) is 70.2 Å². The van der Waals surface area contributed by atoms with Gasteiger partial charge in [-0.15, -0.1) is 12.4 Å². The number of carbonyl (C=O) groups is 1. The number of alkyl halides is 3. The second kappa shape index (κ2) is 9.00. The minimum atomic E-state index is -4.62. The first-order valence-corrected chi connectivity index (χ1v) is 10.6. The van der Waals surface area contributed by atoms with Crippen molar-refractivity contribution >= 4 is 29.9 Å². The number of likely N-dealkylation sites (N-methyl/N-ethyl adjacent to an activating group) is 1. The van der Waals surface area contributed by atoms with Gasteiger partial charge in [-0.3, -0.25) is 9.69 Å². The van der Waals surface area contributed by atoms with Gasteiger partial charge in [0.1, 0.15) is 0 Å². The fraction of sp³-hybridized carbons (Fsp3) is 0.435. The van der Waals surface area contributed by atoms with Gasteiger partial charge >= 0.3 is 6.18 Å². The monoisotopic (exact) mass is 472 g/mol. The third kappa shape index (κ3) is 4.18. The summed E-state index contributed by atoms with van der Waals surface area (Å²) in [5.74, 6) is -0.583. The normalized spacial score (nSPS) is 24.0. The molecule has 1 amide bonds. The molecule has 2 aliphatic heterocycles. The van der Waals surface area contributed by atoms with Gasteiger partial charge in [-0.25, -0.2) is 0 Å². The number of fused-ring (bicyclic) bond motifs is 2. The van der Waals surface area contributed by atoms with E-state index in [1.807, 2.05) is 30.3 Å². The molecular formula is C23H25Cl2F3N2O. The van der Waals surface area contributed by atoms with Crippen LogP contribution in [0.1, 0.15) is 60.1 Å². The van der Waals surface area contributed by atoms with Gasteiger partial charge in [-0.1, -0.05) is 54.9 Å². The van der Waals surface area contributed by atoms with Crippen LogP contribution in [-0.4, -0.2) is 28.9 Å². The molecule has 0 saturated carbocycles. The van der Waals surface area contributed by atoms with Crippen LogP contribution < -0.4 is 5.32 Å². The number of hydrogen-bond acceptors (Lipinski definition) is 2. The molecule has 3 nitrogen and oxygen atoms in total. The number of rotatable bonds is 5. The number of nitrogens with one attached hydrogen (secondary N) is 1. The lowest BCUT2D eigenvalue weighted by Gasteiger charge is -2.42. The molecule has 2 saturated heterocycles. The summed E-state index contributed by atoms with van der Waals surface area (Å²) in [6, 6.07) is 13.3. The van der Waals surface area contributed by atoms with E-state index in [-0.39, 0.29) is 29.6 Å². The van der Waals surface area contributed by atoms with Gasteiger partial charge in [-0.2, -0.15) is 13.2 Å². The molecule has 2 aliphatic rings. The van der Waals surface area contributed by atoms with E-state index in [2.05, 4.69) is 17.1 Å². The summed E-state index contributed by atoms with van der Waals surface area (Å²) in [6.07, 6.45) is -0.591. The van der Waals surface area contributed by atoms with Crippen LogP contribution in [-0.2, 0) is 6.18 Å². The number of hydrogen-bond donors (Lipinski definition) is 1. The second-order valence-electron chi connectivity index (χ2n) is 8.10. The first kappa shape index (κ1) is 23.9. The Hall–Kier alpha value is -1.76. The van der Waals surface area contributed by atoms with Gasteiger partial charge in [0.2, 0.25) is 0 Å². The Labute approximate surface area is 191 Å². The van der Waals surface area contributed by atoms with Crippen LogP contribution in [0.3, 0.4) is 0 Å². The molecule has 2 fully saturated rings. The highest BCUT2D eigenvalue weighted by Crippen LogP contribution is 2.52. The molecule has 2 aromatic carbocycles. The molecular weight excluding hydrogens is 448 g/mol. The largest absolute Gasteiger partial charge is 0.417 e. The molecule has 2 bridgehead atoms. The summed E-state index contributed by atoms with van der Waals surface area (Å²) in [7, 11) is 0. The molecule has 0 spiro atoms. The fourth-order valence-corrected chi connectivity index (χ4v) is 5.72. The maximum Gasteiger partial charge on any atom is 0.417 e. The lowest BCUT2D eigenvalue weighted by molar-refractivity contribution is -0.137. The molecule has 0 radical (unpaired) electrons. The maximum atomic E-state index is 13.3. The van der Waals surface area contributed by atoms with Crippen LogP contribution >= 0.6 is 24.0 Å². The molecule has 1 atom stereocenters. The SMILES string of the molecule is CCN1C2CCC1(C(NC(=O)c1cccc(C(F)(F)F)c1Cl)c1ccccc1)CC2.Cl. The zero-order chi connectivity index (χ0) is 21.5. The van der Waals surface area contributed by atoms with Crippen LogP contribution in [0.4, 0.5) is 13.2 Å². The molecule has 0 aliphatic carbocycles. The topological polar surface area (TPSA) is 32.3 Å². The second-order valence-corrected chi connectivity index (χ2v) is 8.48. The van der Waals surface area contributed by atoms with Gasteiger partial charge in [-0.05, 0) is 49.9 Å². The van der Waals surface area contributed by atoms with Crippen LogP contribution in [0.5, 0.6) is 0 Å². The van der Waals surface area contributed by atoms with Crippen molar-refractivity contribution in [1.82, 2.24) is 10.2 Å². The van der Waals surface area contributed by atoms with Crippen molar-refractivity contribution in [2.45, 2.75) is 56.4 Å². The molecule has 2 heterocycles. The number of benzene rings is 2. The van der Waals surface area contributed by atoms with E-state index in [9.17, 15) is 18.0 Å². The maximum absolute atomic E-state index is 13.3. The van der Waals surface area contributed by atoms with Crippen molar-refractivity contribution < 1.29 is 18.0 Å². The summed E-state index contributed by atoms with van der Waals surface area (Å²) in [5, 5.41) is 2.50. The first-order chi connectivity index (χ1) is 14.3. The Morgan fingerprint density at radius 2 is 1.81 bits per heavy atom. The average Bonchev–Trinajstić information content (AvgIpc) is 3.27. The minimum absolute atomic E-state index is 0. The predicted molar refractivity (Wildman–Crippen MR) is 118 cm³/mol. The van der Waals surface area contributed by atoms with Crippen molar-refractivity contribution in [3.8, 4) is 0 Å². The van der Waals surface area contributed by atoms with E-state index in [1.54, 1.807) is 0 Å². The van der Waals surface area contributed by atoms with E-state index < -0.39 is 22.7 Å². The Bertz CT molecular complexity index is 928. The van der Waals surface area contributed by atoms with Gasteiger partial charge in [0.05, 0.1) is 22.2 Å². The summed E-state index contributed by atoms with van der Waals surface area (Å²) in [4.78, 5) is 15.6. The van der Waals surface area contributed by atoms with Crippen LogP contribution in [0.15, 0.2) is 48.5 Å². The Balaban J connectivity index is 0.00000272. The molecule has 8 heteroatoms. The molecule has 1 N–H and O–H groups in total. The molecule has 31 heavy (non-hydrogen) atoms. The lowest BCUT2D eigenvalue weighted by Crippen LogP contribution is -2.52. The van der Waals surface area contributed by atoms with Crippen LogP contribution in [0.2, 0.25) is 5.02 Å². The minimum Gasteiger partial charge on any atom is -0.343 e. The van der Waals surface area contributed by atoms with Crippen LogP contribution in [0, 0.1) is 0 Å². The third-order valence-electron chi connectivity index (χ3n) is 6.67. The first-order valence-electron chi connectivity index (χ1n) is 10.3. The highest BCUT2D eigenvalue weighted by Gasteiger charge is 2.55. The molecule has 4 rings (SSSR count). The highest BCUT2D eigenvalue weighted by atomic mass is 35.5. The Morgan fingerprint density at radius 1 is 1.16 bits per heavy atom. The van der Waals surface area contributed by atoms with Crippen molar-refractivity contribution in [3.63, 3.8) is 0 Å². The van der Waals surface area contributed by atoms with Gasteiger partial charge < -0.3 is 5.32 Å². The Kier molecular flexibility index (Phi) is 6.94. The van der Waals surface area contributed by atoms with Gasteiger partial charge in [0.15, 0.2) is 0 Å². The quantitative estimate of drug-likeness (QED) is 0.556. The van der Waals surface area contributed by atoms with Crippen molar-refractivity contribution in [2.75, 3.05) is 6.54 Å². The van der Waals surface area contributed by atoms with E-state index in [1.165, 1.54) is 12.1 Å². The molecule has 0 aromatic heterocycles. The molecule has 168 valence electrons. The number of nitrogens with zero attached hydrogens (tertiary/aromatic N) is 1. The zero-order valence-electron chi connectivity index (χ0n) is 17.1. The average molecular weight is 473 g/mol. The number of halogens is 5. The summed E-state index contributed by atoms with van der Waals surface area (Å²) < 4.78 is 39.8. The number of amides is 1. The number of carbonyl (C=O) groups excluding carboxylic acids is 1. The van der Waals surface area contributed by atoms with Crippen molar-refractivity contribution in [2.24, 2.45) is 0 Å². The summed E-state index contributed by atoms with van der Waals surface area (Å²) in [6.45, 7) is 2.99. The zero-order valence-corrected chi connectivity index (χ0v) is 18.7. The van der Waals surface area contributed by atoms with E-state index >= 15 is 0 Å².